The van der Waals surface area contributed by atoms with Crippen LogP contribution in [0.15, 0.2) is 0 Å². The molecular weight excluding hydrogens is 280 g/mol. The molecule has 6 nitrogen and oxygen atoms in total. The summed E-state index contributed by atoms with van der Waals surface area (Å²) < 4.78 is 5.13. The minimum Gasteiger partial charge on any atom is -0.480 e. The highest BCUT2D eigenvalue weighted by atomic mass is 32.2. The summed E-state index contributed by atoms with van der Waals surface area (Å²) in [5, 5.41) is 11.7. The normalized spacial score (nSPS) is 20.5. The van der Waals surface area contributed by atoms with Crippen LogP contribution >= 0.6 is 11.8 Å². The van der Waals surface area contributed by atoms with Gasteiger partial charge in [0, 0.05) is 26.1 Å². The maximum atomic E-state index is 12.1. The molecule has 7 heteroatoms. The second kappa shape index (κ2) is 9.07. The van der Waals surface area contributed by atoms with Crippen LogP contribution in [0.2, 0.25) is 0 Å². The van der Waals surface area contributed by atoms with Crippen LogP contribution in [0.1, 0.15) is 19.3 Å². The standard InChI is InChI=1S/C13H24N2O4S/c1-19-9-10-4-3-6-15(8-10)13(18)14-11(12(16)17)5-7-20-2/h10-11H,3-9H2,1-2H3,(H,14,18)(H,16,17). The first-order valence-corrected chi connectivity index (χ1v) is 8.24. The lowest BCUT2D eigenvalue weighted by atomic mass is 9.99. The van der Waals surface area contributed by atoms with Crippen molar-refractivity contribution in [3.8, 4) is 0 Å². The molecular formula is C13H24N2O4S. The average molecular weight is 304 g/mol. The van der Waals surface area contributed by atoms with Crippen molar-refractivity contribution in [2.45, 2.75) is 25.3 Å². The minimum absolute atomic E-state index is 0.278. The lowest BCUT2D eigenvalue weighted by molar-refractivity contribution is -0.139. The Morgan fingerprint density at radius 1 is 1.55 bits per heavy atom. The molecule has 1 fully saturated rings. The van der Waals surface area contributed by atoms with Gasteiger partial charge >= 0.3 is 12.0 Å². The largest absolute Gasteiger partial charge is 0.480 e. The maximum Gasteiger partial charge on any atom is 0.326 e. The smallest absolute Gasteiger partial charge is 0.326 e. The fourth-order valence-corrected chi connectivity index (χ4v) is 2.83. The third kappa shape index (κ3) is 5.58. The van der Waals surface area contributed by atoms with Gasteiger partial charge in [-0.3, -0.25) is 0 Å². The molecule has 0 aromatic heterocycles. The molecule has 1 rings (SSSR count). The molecule has 1 aliphatic heterocycles. The molecule has 0 radical (unpaired) electrons. The molecule has 20 heavy (non-hydrogen) atoms. The number of urea groups is 1. The third-order valence-electron chi connectivity index (χ3n) is 3.42. The highest BCUT2D eigenvalue weighted by Crippen LogP contribution is 2.16. The van der Waals surface area contributed by atoms with Crippen LogP contribution in [0, 0.1) is 5.92 Å². The van der Waals surface area contributed by atoms with Crippen LogP contribution in [0.5, 0.6) is 0 Å². The van der Waals surface area contributed by atoms with E-state index in [4.69, 9.17) is 9.84 Å². The van der Waals surface area contributed by atoms with Gasteiger partial charge in [0.1, 0.15) is 6.04 Å². The predicted molar refractivity (Wildman–Crippen MR) is 79.1 cm³/mol. The molecule has 2 N–H and O–H groups in total. The van der Waals surface area contributed by atoms with Crippen molar-refractivity contribution in [1.29, 1.82) is 0 Å². The Balaban J connectivity index is 2.48. The molecule has 0 aromatic carbocycles. The number of carbonyl (C=O) groups excluding carboxylic acids is 1. The van der Waals surface area contributed by atoms with Gasteiger partial charge in [-0.2, -0.15) is 11.8 Å². The topological polar surface area (TPSA) is 78.9 Å². The van der Waals surface area contributed by atoms with Crippen molar-refractivity contribution in [2.24, 2.45) is 5.92 Å². The molecule has 0 spiro atoms. The van der Waals surface area contributed by atoms with Gasteiger partial charge in [0.25, 0.3) is 0 Å². The average Bonchev–Trinajstić information content (AvgIpc) is 2.43. The second-order valence-electron chi connectivity index (χ2n) is 5.03. The molecule has 0 aliphatic carbocycles. The van der Waals surface area contributed by atoms with E-state index in [0.717, 1.165) is 12.8 Å². The zero-order valence-electron chi connectivity index (χ0n) is 12.1. The first kappa shape index (κ1) is 17.1. The number of methoxy groups -OCH3 is 1. The van der Waals surface area contributed by atoms with E-state index >= 15 is 0 Å². The second-order valence-corrected chi connectivity index (χ2v) is 6.02. The van der Waals surface area contributed by atoms with Crippen LogP contribution in [-0.2, 0) is 9.53 Å². The van der Waals surface area contributed by atoms with Crippen molar-refractivity contribution >= 4 is 23.8 Å². The summed E-state index contributed by atoms with van der Waals surface area (Å²) in [6.45, 7) is 1.95. The van der Waals surface area contributed by atoms with E-state index in [9.17, 15) is 9.59 Å². The Kier molecular flexibility index (Phi) is 7.76. The third-order valence-corrected chi connectivity index (χ3v) is 4.06. The Bertz CT molecular complexity index is 325. The van der Waals surface area contributed by atoms with Gasteiger partial charge in [-0.05, 0) is 31.3 Å². The molecule has 1 heterocycles. The summed E-state index contributed by atoms with van der Waals surface area (Å²) in [4.78, 5) is 25.0. The molecule has 2 atom stereocenters. The number of nitrogens with one attached hydrogen (secondary N) is 1. The fourth-order valence-electron chi connectivity index (χ4n) is 2.35. The van der Waals surface area contributed by atoms with Crippen LogP contribution in [0.25, 0.3) is 0 Å². The van der Waals surface area contributed by atoms with Crippen molar-refractivity contribution in [3.05, 3.63) is 0 Å². The Morgan fingerprint density at radius 2 is 2.30 bits per heavy atom. The summed E-state index contributed by atoms with van der Waals surface area (Å²) in [6, 6.07) is -1.09. The Hall–Kier alpha value is -0.950. The van der Waals surface area contributed by atoms with Crippen LogP contribution < -0.4 is 5.32 Å². The first-order valence-electron chi connectivity index (χ1n) is 6.84. The molecule has 116 valence electrons. The van der Waals surface area contributed by atoms with Crippen molar-refractivity contribution in [2.75, 3.05) is 38.8 Å². The molecule has 1 saturated heterocycles. The maximum absolute atomic E-state index is 12.1. The van der Waals surface area contributed by atoms with Gasteiger partial charge in [-0.25, -0.2) is 9.59 Å². The highest BCUT2D eigenvalue weighted by molar-refractivity contribution is 7.98. The first-order chi connectivity index (χ1) is 9.58. The lowest BCUT2D eigenvalue weighted by Gasteiger charge is -2.33. The number of amides is 2. The zero-order chi connectivity index (χ0) is 15.0. The van der Waals surface area contributed by atoms with Gasteiger partial charge in [0.05, 0.1) is 6.61 Å². The summed E-state index contributed by atoms with van der Waals surface area (Å²) in [7, 11) is 1.65. The van der Waals surface area contributed by atoms with Crippen molar-refractivity contribution in [3.63, 3.8) is 0 Å². The van der Waals surface area contributed by atoms with Gasteiger partial charge < -0.3 is 20.1 Å². The van der Waals surface area contributed by atoms with Gasteiger partial charge in [0.15, 0.2) is 0 Å². The van der Waals surface area contributed by atoms with Crippen molar-refractivity contribution < 1.29 is 19.4 Å². The quantitative estimate of drug-likeness (QED) is 0.740. The number of ether oxygens (including phenoxy) is 1. The number of nitrogens with zero attached hydrogens (tertiary/aromatic N) is 1. The number of carbonyl (C=O) groups is 2. The molecule has 0 bridgehead atoms. The summed E-state index contributed by atoms with van der Waals surface area (Å²) in [5.74, 6) is 0.0793. The van der Waals surface area contributed by atoms with Crippen LogP contribution in [0.4, 0.5) is 4.79 Å². The predicted octanol–water partition coefficient (Wildman–Crippen LogP) is 1.26. The summed E-state index contributed by atoms with van der Waals surface area (Å²) >= 11 is 1.57. The molecule has 0 saturated carbocycles. The highest BCUT2D eigenvalue weighted by Gasteiger charge is 2.27. The summed E-state index contributed by atoms with van der Waals surface area (Å²) in [5.41, 5.74) is 0. The Morgan fingerprint density at radius 3 is 2.90 bits per heavy atom. The van der Waals surface area contributed by atoms with Crippen LogP contribution in [-0.4, -0.2) is 66.9 Å². The van der Waals surface area contributed by atoms with Gasteiger partial charge in [-0.15, -0.1) is 0 Å². The van der Waals surface area contributed by atoms with Crippen LogP contribution in [0.3, 0.4) is 0 Å². The Labute approximate surface area is 124 Å². The zero-order valence-corrected chi connectivity index (χ0v) is 12.9. The monoisotopic (exact) mass is 304 g/mol. The summed E-state index contributed by atoms with van der Waals surface area (Å²) in [6.07, 6.45) is 4.34. The number of carboxylic acids is 1. The van der Waals surface area contributed by atoms with E-state index < -0.39 is 12.0 Å². The SMILES string of the molecule is COCC1CCCN(C(=O)NC(CCSC)C(=O)O)C1. The minimum atomic E-state index is -0.974. The van der Waals surface area contributed by atoms with E-state index in [1.165, 1.54) is 0 Å². The van der Waals surface area contributed by atoms with E-state index in [1.807, 2.05) is 6.26 Å². The number of carboxylic acid groups (broad SMARTS) is 1. The van der Waals surface area contributed by atoms with E-state index in [-0.39, 0.29) is 6.03 Å². The number of thioether (sulfide) groups is 1. The molecule has 2 unspecified atom stereocenters. The fraction of sp³-hybridized carbons (Fsp3) is 0.846. The van der Waals surface area contributed by atoms with Gasteiger partial charge in [-0.1, -0.05) is 0 Å². The van der Waals surface area contributed by atoms with E-state index in [1.54, 1.807) is 23.8 Å². The number of aliphatic carboxylic acids is 1. The number of hydrogen-bond donors (Lipinski definition) is 2. The van der Waals surface area contributed by atoms with Crippen molar-refractivity contribution in [1.82, 2.24) is 10.2 Å². The van der Waals surface area contributed by atoms with Gasteiger partial charge in [0.2, 0.25) is 0 Å². The lowest BCUT2D eigenvalue weighted by Crippen LogP contribution is -2.51. The van der Waals surface area contributed by atoms with E-state index in [2.05, 4.69) is 5.32 Å². The number of hydrogen-bond acceptors (Lipinski definition) is 4. The number of likely N-dealkylation sites (tertiary alicyclic amines) is 1. The molecule has 1 aliphatic rings. The van der Waals surface area contributed by atoms with E-state index in [0.29, 0.717) is 37.8 Å². The number of rotatable bonds is 7. The molecule has 0 aromatic rings. The molecule has 2 amide bonds. The number of piperidine rings is 1.